The number of nitrogens with zero attached hydrogens (tertiary/aromatic N) is 1. The lowest BCUT2D eigenvalue weighted by atomic mass is 10.1. The van der Waals surface area contributed by atoms with Crippen LogP contribution in [0.25, 0.3) is 0 Å². The summed E-state index contributed by atoms with van der Waals surface area (Å²) in [6.07, 6.45) is 0.623. The Bertz CT molecular complexity index is 726. The minimum atomic E-state index is -0.561. The molecule has 0 aliphatic carbocycles. The maximum Gasteiger partial charge on any atom is 0.311 e. The van der Waals surface area contributed by atoms with Crippen LogP contribution in [0, 0.1) is 10.1 Å². The molecular weight excluding hydrogens is 314 g/mol. The van der Waals surface area contributed by atoms with E-state index in [4.69, 9.17) is 14.2 Å². The molecule has 2 aromatic carbocycles. The molecule has 0 aliphatic heterocycles. The Labute approximate surface area is 138 Å². The number of methoxy groups -OCH3 is 2. The predicted octanol–water partition coefficient (Wildman–Crippen LogP) is 3.15. The van der Waals surface area contributed by atoms with Gasteiger partial charge in [0.2, 0.25) is 0 Å². The van der Waals surface area contributed by atoms with Gasteiger partial charge in [0, 0.05) is 12.5 Å². The fraction of sp³-hybridized carbons (Fsp3) is 0.235. The largest absolute Gasteiger partial charge is 0.497 e. The van der Waals surface area contributed by atoms with Crippen molar-refractivity contribution in [2.45, 2.75) is 12.8 Å². The van der Waals surface area contributed by atoms with Crippen LogP contribution in [0.3, 0.4) is 0 Å². The fourth-order valence-electron chi connectivity index (χ4n) is 2.07. The molecule has 0 fully saturated rings. The van der Waals surface area contributed by atoms with Crippen LogP contribution in [0.2, 0.25) is 0 Å². The molecule has 0 heterocycles. The van der Waals surface area contributed by atoms with Gasteiger partial charge in [0.05, 0.1) is 25.2 Å². The topological polar surface area (TPSA) is 87.9 Å². The quantitative estimate of drug-likeness (QED) is 0.335. The Kier molecular flexibility index (Phi) is 5.73. The van der Waals surface area contributed by atoms with Gasteiger partial charge in [-0.15, -0.1) is 0 Å². The monoisotopic (exact) mass is 331 g/mol. The number of carbonyl (C=O) groups excluding carboxylic acids is 1. The predicted molar refractivity (Wildman–Crippen MR) is 86.6 cm³/mol. The zero-order valence-electron chi connectivity index (χ0n) is 13.4. The van der Waals surface area contributed by atoms with Crippen molar-refractivity contribution in [3.05, 3.63) is 58.1 Å². The van der Waals surface area contributed by atoms with E-state index in [0.717, 1.165) is 11.3 Å². The van der Waals surface area contributed by atoms with Crippen molar-refractivity contribution in [2.24, 2.45) is 0 Å². The highest BCUT2D eigenvalue weighted by atomic mass is 16.6. The minimum absolute atomic E-state index is 0.0337. The molecule has 0 spiro atoms. The number of hydrogen-bond donors (Lipinski definition) is 0. The van der Waals surface area contributed by atoms with Gasteiger partial charge in [-0.25, -0.2) is 0 Å². The average Bonchev–Trinajstić information content (AvgIpc) is 2.60. The Balaban J connectivity index is 2.00. The highest BCUT2D eigenvalue weighted by Gasteiger charge is 2.15. The van der Waals surface area contributed by atoms with Gasteiger partial charge in [-0.3, -0.25) is 14.9 Å². The number of nitro groups is 1. The van der Waals surface area contributed by atoms with Crippen molar-refractivity contribution < 1.29 is 23.9 Å². The molecule has 0 amide bonds. The number of ether oxygens (including phenoxy) is 3. The molecule has 0 radical (unpaired) electrons. The van der Waals surface area contributed by atoms with E-state index in [1.54, 1.807) is 7.11 Å². The Hall–Kier alpha value is -3.09. The van der Waals surface area contributed by atoms with Gasteiger partial charge in [-0.1, -0.05) is 12.1 Å². The van der Waals surface area contributed by atoms with Gasteiger partial charge in [-0.2, -0.15) is 0 Å². The van der Waals surface area contributed by atoms with Crippen molar-refractivity contribution in [1.82, 2.24) is 0 Å². The number of non-ortho nitro benzene ring substituents is 1. The van der Waals surface area contributed by atoms with E-state index in [2.05, 4.69) is 0 Å². The smallest absolute Gasteiger partial charge is 0.311 e. The summed E-state index contributed by atoms with van der Waals surface area (Å²) in [6.45, 7) is 0. The van der Waals surface area contributed by atoms with Crippen molar-refractivity contribution >= 4 is 11.7 Å². The molecule has 2 rings (SSSR count). The number of nitro benzene ring substituents is 1. The molecule has 0 N–H and O–H groups in total. The van der Waals surface area contributed by atoms with Gasteiger partial charge in [-0.05, 0) is 30.2 Å². The first kappa shape index (κ1) is 17.3. The lowest BCUT2D eigenvalue weighted by molar-refractivity contribution is -0.384. The summed E-state index contributed by atoms with van der Waals surface area (Å²) >= 11 is 0. The molecule has 24 heavy (non-hydrogen) atoms. The number of benzene rings is 2. The van der Waals surface area contributed by atoms with Gasteiger partial charge >= 0.3 is 5.97 Å². The maximum atomic E-state index is 12.0. The van der Waals surface area contributed by atoms with E-state index in [1.807, 2.05) is 24.3 Å². The van der Waals surface area contributed by atoms with Gasteiger partial charge in [0.25, 0.3) is 5.69 Å². The zero-order valence-corrected chi connectivity index (χ0v) is 13.4. The second kappa shape index (κ2) is 7.96. The maximum absolute atomic E-state index is 12.0. The highest BCUT2D eigenvalue weighted by Crippen LogP contribution is 2.31. The number of aryl methyl sites for hydroxylation is 1. The fourth-order valence-corrected chi connectivity index (χ4v) is 2.07. The average molecular weight is 331 g/mol. The Morgan fingerprint density at radius 3 is 2.33 bits per heavy atom. The van der Waals surface area contributed by atoms with Gasteiger partial charge in [0.15, 0.2) is 11.5 Å². The van der Waals surface area contributed by atoms with Gasteiger partial charge in [0.1, 0.15) is 5.75 Å². The molecule has 126 valence electrons. The molecule has 7 nitrogen and oxygen atoms in total. The molecule has 7 heteroatoms. The van der Waals surface area contributed by atoms with E-state index < -0.39 is 10.9 Å². The molecule has 0 atom stereocenters. The summed E-state index contributed by atoms with van der Waals surface area (Å²) in [5.41, 5.74) is 0.785. The summed E-state index contributed by atoms with van der Waals surface area (Å²) in [6, 6.07) is 11.2. The van der Waals surface area contributed by atoms with E-state index in [1.165, 1.54) is 25.3 Å². The summed E-state index contributed by atoms with van der Waals surface area (Å²) in [5, 5.41) is 10.8. The van der Waals surface area contributed by atoms with Crippen molar-refractivity contribution in [3.63, 3.8) is 0 Å². The second-order valence-electron chi connectivity index (χ2n) is 4.91. The van der Waals surface area contributed by atoms with E-state index >= 15 is 0 Å². The van der Waals surface area contributed by atoms with Crippen molar-refractivity contribution in [3.8, 4) is 17.2 Å². The van der Waals surface area contributed by atoms with E-state index in [-0.39, 0.29) is 23.6 Å². The van der Waals surface area contributed by atoms with Crippen molar-refractivity contribution in [2.75, 3.05) is 14.2 Å². The van der Waals surface area contributed by atoms with Crippen LogP contribution in [0.5, 0.6) is 17.2 Å². The third-order valence-electron chi connectivity index (χ3n) is 3.36. The first-order valence-electron chi connectivity index (χ1n) is 7.19. The molecule has 0 bridgehead atoms. The van der Waals surface area contributed by atoms with E-state index in [0.29, 0.717) is 6.42 Å². The first-order valence-corrected chi connectivity index (χ1v) is 7.19. The zero-order chi connectivity index (χ0) is 17.5. The van der Waals surface area contributed by atoms with Crippen LogP contribution in [0.1, 0.15) is 12.0 Å². The van der Waals surface area contributed by atoms with Crippen LogP contribution in [-0.4, -0.2) is 25.1 Å². The Morgan fingerprint density at radius 1 is 1.04 bits per heavy atom. The first-order chi connectivity index (χ1) is 11.5. The van der Waals surface area contributed by atoms with Crippen LogP contribution >= 0.6 is 0 Å². The number of hydrogen-bond acceptors (Lipinski definition) is 6. The molecule has 0 saturated carbocycles. The lowest BCUT2D eigenvalue weighted by Gasteiger charge is -2.09. The molecule has 0 aliphatic rings. The highest BCUT2D eigenvalue weighted by molar-refractivity contribution is 5.74. The molecule has 2 aromatic rings. The number of rotatable bonds is 7. The molecule has 0 aromatic heterocycles. The van der Waals surface area contributed by atoms with Crippen LogP contribution in [0.4, 0.5) is 5.69 Å². The Morgan fingerprint density at radius 2 is 1.75 bits per heavy atom. The SMILES string of the molecule is COc1ccc(CCC(=O)Oc2cc([N+](=O)[O-])ccc2OC)cc1. The molecular formula is C17H17NO6. The van der Waals surface area contributed by atoms with Gasteiger partial charge < -0.3 is 14.2 Å². The summed E-state index contributed by atoms with van der Waals surface area (Å²) in [5.74, 6) is 0.539. The molecule has 0 unspecified atom stereocenters. The number of esters is 1. The summed E-state index contributed by atoms with van der Waals surface area (Å²) in [7, 11) is 2.98. The standard InChI is InChI=1S/C17H17NO6/c1-22-14-7-3-12(4-8-14)5-10-17(19)24-16-11-13(18(20)21)6-9-15(16)23-2/h3-4,6-9,11H,5,10H2,1-2H3. The van der Waals surface area contributed by atoms with Crippen LogP contribution < -0.4 is 14.2 Å². The minimum Gasteiger partial charge on any atom is -0.497 e. The van der Waals surface area contributed by atoms with Crippen molar-refractivity contribution in [1.29, 1.82) is 0 Å². The van der Waals surface area contributed by atoms with E-state index in [9.17, 15) is 14.9 Å². The molecule has 0 saturated heterocycles. The summed E-state index contributed by atoms with van der Waals surface area (Å²) < 4.78 is 15.3. The summed E-state index contributed by atoms with van der Waals surface area (Å²) in [4.78, 5) is 22.2. The number of carbonyl (C=O) groups is 1. The normalized spacial score (nSPS) is 10.1. The van der Waals surface area contributed by atoms with Crippen LogP contribution in [-0.2, 0) is 11.2 Å². The lowest BCUT2D eigenvalue weighted by Crippen LogP contribution is -2.10. The third kappa shape index (κ3) is 4.45. The third-order valence-corrected chi connectivity index (χ3v) is 3.36. The van der Waals surface area contributed by atoms with Crippen LogP contribution in [0.15, 0.2) is 42.5 Å². The second-order valence-corrected chi connectivity index (χ2v) is 4.91.